The second-order valence-electron chi connectivity index (χ2n) is 4.76. The highest BCUT2D eigenvalue weighted by Gasteiger charge is 2.57. The van der Waals surface area contributed by atoms with Gasteiger partial charge in [0, 0.05) is 20.2 Å². The van der Waals surface area contributed by atoms with E-state index in [2.05, 4.69) is 21.2 Å². The number of rotatable bonds is 7. The number of hydrogen-bond acceptors (Lipinski definition) is 5. The molecule has 2 N–H and O–H groups in total. The van der Waals surface area contributed by atoms with Crippen LogP contribution in [0.2, 0.25) is 0 Å². The van der Waals surface area contributed by atoms with E-state index in [1.807, 2.05) is 0 Å². The Morgan fingerprint density at radius 3 is 2.48 bits per heavy atom. The Morgan fingerprint density at radius 2 is 1.96 bits per heavy atom. The van der Waals surface area contributed by atoms with Gasteiger partial charge in [-0.2, -0.15) is 8.78 Å². The largest absolute Gasteiger partial charge is 0.465 e. The zero-order valence-corrected chi connectivity index (χ0v) is 16.5. The van der Waals surface area contributed by atoms with Crippen molar-refractivity contribution in [3.63, 3.8) is 0 Å². The molecule has 0 atom stereocenters. The monoisotopic (exact) mass is 457 g/mol. The highest BCUT2D eigenvalue weighted by molar-refractivity contribution is 9.10. The third-order valence-electron chi connectivity index (χ3n) is 3.10. The van der Waals surface area contributed by atoms with Crippen LogP contribution >= 0.6 is 34.9 Å². The number of carboxylic acid groups (broad SMARTS) is 1. The summed E-state index contributed by atoms with van der Waals surface area (Å²) in [5.74, 6) is 0. The van der Waals surface area contributed by atoms with Crippen LogP contribution in [0.15, 0.2) is 22.7 Å². The predicted octanol–water partition coefficient (Wildman–Crippen LogP) is 6.07. The van der Waals surface area contributed by atoms with Crippen molar-refractivity contribution >= 4 is 56.7 Å². The maximum atomic E-state index is 14.9. The first-order chi connectivity index (χ1) is 11.7. The molecule has 0 unspecified atom stereocenters. The Balaban J connectivity index is 2.56. The summed E-state index contributed by atoms with van der Waals surface area (Å²) in [5.41, 5.74) is -3.62. The van der Waals surface area contributed by atoms with Crippen LogP contribution in [-0.2, 0) is 19.3 Å². The molecule has 0 aliphatic rings. The van der Waals surface area contributed by atoms with Crippen molar-refractivity contribution < 1.29 is 32.3 Å². The number of thiophene rings is 1. The molecule has 11 heteroatoms. The second kappa shape index (κ2) is 7.67. The van der Waals surface area contributed by atoms with Crippen LogP contribution in [0, 0.1) is 0 Å². The number of carbonyl (C=O) groups is 1. The fourth-order valence-corrected chi connectivity index (χ4v) is 6.17. The SMILES string of the molecule is CCOP(=O)(OCC)C(F)(F)c1sc2cc(NC(=O)O)ccc2c1Br. The van der Waals surface area contributed by atoms with Crippen LogP contribution in [0.4, 0.5) is 19.3 Å². The Kier molecular flexibility index (Phi) is 6.22. The summed E-state index contributed by atoms with van der Waals surface area (Å²) in [6.07, 6.45) is -1.27. The van der Waals surface area contributed by atoms with Crippen LogP contribution in [0.5, 0.6) is 0 Å². The highest BCUT2D eigenvalue weighted by atomic mass is 79.9. The maximum Gasteiger partial charge on any atom is 0.409 e. The molecule has 0 saturated carbocycles. The molecule has 1 aromatic heterocycles. The zero-order chi connectivity index (χ0) is 18.8. The molecular formula is C14H15BrF2NO5PS. The normalized spacial score (nSPS) is 12.5. The van der Waals surface area contributed by atoms with E-state index in [4.69, 9.17) is 14.2 Å². The van der Waals surface area contributed by atoms with E-state index in [0.717, 1.165) is 0 Å². The average Bonchev–Trinajstić information content (AvgIpc) is 2.84. The van der Waals surface area contributed by atoms with Gasteiger partial charge in [0.2, 0.25) is 0 Å². The Hall–Kier alpha value is -1.06. The van der Waals surface area contributed by atoms with E-state index in [-0.39, 0.29) is 23.4 Å². The van der Waals surface area contributed by atoms with Crippen molar-refractivity contribution in [1.29, 1.82) is 0 Å². The van der Waals surface area contributed by atoms with E-state index in [0.29, 0.717) is 21.4 Å². The summed E-state index contributed by atoms with van der Waals surface area (Å²) < 4.78 is 52.5. The third-order valence-corrected chi connectivity index (χ3v) is 7.66. The number of benzene rings is 1. The molecule has 138 valence electrons. The highest BCUT2D eigenvalue weighted by Crippen LogP contribution is 2.69. The summed E-state index contributed by atoms with van der Waals surface area (Å²) >= 11 is 3.81. The van der Waals surface area contributed by atoms with Gasteiger partial charge in [-0.25, -0.2) is 4.79 Å². The molecule has 0 radical (unpaired) electrons. The van der Waals surface area contributed by atoms with Crippen LogP contribution in [0.3, 0.4) is 0 Å². The first kappa shape index (κ1) is 20.3. The Morgan fingerprint density at radius 1 is 1.36 bits per heavy atom. The smallest absolute Gasteiger partial charge is 0.409 e. The fraction of sp³-hybridized carbons (Fsp3) is 0.357. The van der Waals surface area contributed by atoms with Crippen molar-refractivity contribution in [1.82, 2.24) is 0 Å². The van der Waals surface area contributed by atoms with Crippen LogP contribution in [0.1, 0.15) is 18.7 Å². The van der Waals surface area contributed by atoms with Crippen LogP contribution < -0.4 is 5.32 Å². The topological polar surface area (TPSA) is 84.9 Å². The van der Waals surface area contributed by atoms with Gasteiger partial charge in [-0.3, -0.25) is 9.88 Å². The molecule has 0 spiro atoms. The molecule has 1 amide bonds. The van der Waals surface area contributed by atoms with Gasteiger partial charge in [-0.05, 0) is 41.9 Å². The van der Waals surface area contributed by atoms with E-state index in [1.165, 1.54) is 32.0 Å². The molecule has 6 nitrogen and oxygen atoms in total. The minimum absolute atomic E-state index is 0.0685. The van der Waals surface area contributed by atoms with Gasteiger partial charge in [0.1, 0.15) is 4.88 Å². The predicted molar refractivity (Wildman–Crippen MR) is 95.9 cm³/mol. The van der Waals surface area contributed by atoms with Crippen molar-refractivity contribution in [2.75, 3.05) is 18.5 Å². The number of alkyl halides is 2. The summed E-state index contributed by atoms with van der Waals surface area (Å²) in [7, 11) is -4.72. The molecule has 2 aromatic rings. The average molecular weight is 458 g/mol. The van der Waals surface area contributed by atoms with Gasteiger partial charge in [0.15, 0.2) is 0 Å². The number of halogens is 3. The van der Waals surface area contributed by atoms with Gasteiger partial charge in [-0.1, -0.05) is 6.07 Å². The van der Waals surface area contributed by atoms with Gasteiger partial charge in [0.25, 0.3) is 0 Å². The van der Waals surface area contributed by atoms with E-state index in [1.54, 1.807) is 0 Å². The molecule has 2 rings (SSSR count). The van der Waals surface area contributed by atoms with Crippen molar-refractivity contribution in [2.45, 2.75) is 19.5 Å². The number of anilines is 1. The van der Waals surface area contributed by atoms with E-state index in [9.17, 15) is 18.1 Å². The lowest BCUT2D eigenvalue weighted by molar-refractivity contribution is 0.0387. The second-order valence-corrected chi connectivity index (χ2v) is 8.68. The summed E-state index contributed by atoms with van der Waals surface area (Å²) in [6, 6.07) is 4.36. The number of hydrogen-bond donors (Lipinski definition) is 2. The number of amides is 1. The van der Waals surface area contributed by atoms with Crippen LogP contribution in [0.25, 0.3) is 10.1 Å². The third kappa shape index (κ3) is 3.88. The minimum atomic E-state index is -4.72. The molecular weight excluding hydrogens is 443 g/mol. The first-order valence-corrected chi connectivity index (χ1v) is 10.3. The lowest BCUT2D eigenvalue weighted by atomic mass is 10.2. The molecule has 0 bridgehead atoms. The standard InChI is InChI=1S/C14H15BrF2NO5PS/c1-3-22-24(21,23-4-2)14(16,17)12-11(15)9-6-5-8(18-13(19)20)7-10(9)25-12/h5-7,18H,3-4H2,1-2H3,(H,19,20). The lowest BCUT2D eigenvalue weighted by Crippen LogP contribution is -2.17. The number of fused-ring (bicyclic) bond motifs is 1. The molecule has 1 heterocycles. The van der Waals surface area contributed by atoms with Gasteiger partial charge in [0.05, 0.1) is 13.2 Å². The Labute approximate surface area is 154 Å². The van der Waals surface area contributed by atoms with Gasteiger partial charge in [-0.15, -0.1) is 11.3 Å². The molecule has 0 aliphatic heterocycles. The first-order valence-electron chi connectivity index (χ1n) is 7.15. The maximum absolute atomic E-state index is 14.9. The van der Waals surface area contributed by atoms with Crippen LogP contribution in [-0.4, -0.2) is 24.4 Å². The summed E-state index contributed by atoms with van der Waals surface area (Å²) in [6.45, 7) is 2.52. The van der Waals surface area contributed by atoms with E-state index < -0.39 is 24.2 Å². The number of nitrogens with one attached hydrogen (secondary N) is 1. The molecule has 1 aromatic carbocycles. The molecule has 0 fully saturated rings. The van der Waals surface area contributed by atoms with Gasteiger partial charge >= 0.3 is 19.4 Å². The summed E-state index contributed by atoms with van der Waals surface area (Å²) in [5, 5.41) is 11.3. The zero-order valence-electron chi connectivity index (χ0n) is 13.2. The van der Waals surface area contributed by atoms with Crippen molar-refractivity contribution in [3.05, 3.63) is 27.5 Å². The van der Waals surface area contributed by atoms with E-state index >= 15 is 0 Å². The Bertz CT molecular complexity index is 834. The molecule has 0 saturated heterocycles. The lowest BCUT2D eigenvalue weighted by Gasteiger charge is -2.25. The molecule has 0 aliphatic carbocycles. The molecule has 25 heavy (non-hydrogen) atoms. The minimum Gasteiger partial charge on any atom is -0.465 e. The van der Waals surface area contributed by atoms with Gasteiger partial charge < -0.3 is 14.2 Å². The summed E-state index contributed by atoms with van der Waals surface area (Å²) in [4.78, 5) is 10.2. The quantitative estimate of drug-likeness (QED) is 0.492. The van der Waals surface area contributed by atoms with Crippen molar-refractivity contribution in [3.8, 4) is 0 Å². The fourth-order valence-electron chi connectivity index (χ4n) is 2.12. The van der Waals surface area contributed by atoms with Crippen molar-refractivity contribution in [2.24, 2.45) is 0 Å².